The van der Waals surface area contributed by atoms with Crippen LogP contribution in [0.15, 0.2) is 0 Å². The van der Waals surface area contributed by atoms with Crippen molar-refractivity contribution < 1.29 is 4.79 Å². The fourth-order valence-electron chi connectivity index (χ4n) is 2.42. The summed E-state index contributed by atoms with van der Waals surface area (Å²) >= 11 is 0. The number of hydrogen-bond acceptors (Lipinski definition) is 4. The highest BCUT2D eigenvalue weighted by Crippen LogP contribution is 2.26. The molecular formula is C14H22N4O. The van der Waals surface area contributed by atoms with E-state index in [1.54, 1.807) is 0 Å². The van der Waals surface area contributed by atoms with Crippen molar-refractivity contribution >= 4 is 11.7 Å². The molecule has 2 heterocycles. The zero-order valence-corrected chi connectivity index (χ0v) is 12.2. The second-order valence-electron chi connectivity index (χ2n) is 4.95. The lowest BCUT2D eigenvalue weighted by Crippen LogP contribution is -2.37. The Labute approximate surface area is 114 Å². The summed E-state index contributed by atoms with van der Waals surface area (Å²) in [5, 5.41) is 0. The molecule has 19 heavy (non-hydrogen) atoms. The third kappa shape index (κ3) is 2.69. The molecule has 104 valence electrons. The van der Waals surface area contributed by atoms with Crippen LogP contribution in [0.3, 0.4) is 0 Å². The predicted molar refractivity (Wildman–Crippen MR) is 75.1 cm³/mol. The molecule has 0 aromatic carbocycles. The molecule has 0 saturated carbocycles. The van der Waals surface area contributed by atoms with Gasteiger partial charge in [-0.25, -0.2) is 9.97 Å². The molecule has 0 atom stereocenters. The minimum Gasteiger partial charge on any atom is -0.360 e. The largest absolute Gasteiger partial charge is 0.360 e. The number of anilines is 1. The highest BCUT2D eigenvalue weighted by molar-refractivity contribution is 5.76. The first-order valence-corrected chi connectivity index (χ1v) is 6.92. The fourth-order valence-corrected chi connectivity index (χ4v) is 2.42. The van der Waals surface area contributed by atoms with Crippen molar-refractivity contribution in [3.63, 3.8) is 0 Å². The summed E-state index contributed by atoms with van der Waals surface area (Å²) in [6.07, 6.45) is 1.38. The van der Waals surface area contributed by atoms with Crippen LogP contribution >= 0.6 is 0 Å². The minimum absolute atomic E-state index is 0.205. The van der Waals surface area contributed by atoms with Crippen molar-refractivity contribution in [3.05, 3.63) is 17.1 Å². The van der Waals surface area contributed by atoms with E-state index < -0.39 is 0 Å². The van der Waals surface area contributed by atoms with Gasteiger partial charge < -0.3 is 9.80 Å². The maximum Gasteiger partial charge on any atom is 0.222 e. The van der Waals surface area contributed by atoms with E-state index in [0.29, 0.717) is 13.0 Å². The third-order valence-corrected chi connectivity index (χ3v) is 3.64. The van der Waals surface area contributed by atoms with E-state index in [2.05, 4.69) is 21.8 Å². The van der Waals surface area contributed by atoms with E-state index in [0.717, 1.165) is 42.4 Å². The normalized spacial score (nSPS) is 14.2. The molecule has 0 fully saturated rings. The summed E-state index contributed by atoms with van der Waals surface area (Å²) in [7, 11) is 2.03. The zero-order valence-electron chi connectivity index (χ0n) is 12.2. The summed E-state index contributed by atoms with van der Waals surface area (Å²) in [5.74, 6) is 1.99. The summed E-state index contributed by atoms with van der Waals surface area (Å²) in [5.41, 5.74) is 2.21. The Hall–Kier alpha value is -1.65. The molecule has 1 amide bonds. The van der Waals surface area contributed by atoms with Gasteiger partial charge in [0.15, 0.2) is 0 Å². The van der Waals surface area contributed by atoms with Gasteiger partial charge in [0, 0.05) is 38.5 Å². The van der Waals surface area contributed by atoms with Gasteiger partial charge in [-0.3, -0.25) is 4.79 Å². The first-order chi connectivity index (χ1) is 9.06. The van der Waals surface area contributed by atoms with Crippen LogP contribution in [0.5, 0.6) is 0 Å². The van der Waals surface area contributed by atoms with Crippen LogP contribution in [0.2, 0.25) is 0 Å². The number of fused-ring (bicyclic) bond motifs is 1. The Morgan fingerprint density at radius 2 is 2.11 bits per heavy atom. The SMILES string of the molecule is CCC(=O)N1CCc2nc(C)nc(N(C)CC)c2C1. The molecule has 0 N–H and O–H groups in total. The van der Waals surface area contributed by atoms with E-state index in [4.69, 9.17) is 0 Å². The number of carbonyl (C=O) groups excluding carboxylic acids is 1. The van der Waals surface area contributed by atoms with Crippen LogP contribution < -0.4 is 4.90 Å². The van der Waals surface area contributed by atoms with Gasteiger partial charge >= 0.3 is 0 Å². The van der Waals surface area contributed by atoms with Crippen LogP contribution in [-0.4, -0.2) is 40.9 Å². The molecule has 0 radical (unpaired) electrons. The molecule has 0 saturated heterocycles. The summed E-state index contributed by atoms with van der Waals surface area (Å²) in [4.78, 5) is 25.0. The number of carbonyl (C=O) groups is 1. The van der Waals surface area contributed by atoms with E-state index in [1.165, 1.54) is 0 Å². The smallest absolute Gasteiger partial charge is 0.222 e. The molecule has 1 aromatic rings. The van der Waals surface area contributed by atoms with Gasteiger partial charge in [-0.1, -0.05) is 6.92 Å². The van der Waals surface area contributed by atoms with Crippen LogP contribution in [0.1, 0.15) is 37.4 Å². The van der Waals surface area contributed by atoms with Gasteiger partial charge in [0.2, 0.25) is 5.91 Å². The molecule has 0 spiro atoms. The summed E-state index contributed by atoms with van der Waals surface area (Å²) in [6, 6.07) is 0. The summed E-state index contributed by atoms with van der Waals surface area (Å²) < 4.78 is 0. The van der Waals surface area contributed by atoms with Gasteiger partial charge in [-0.05, 0) is 13.8 Å². The second kappa shape index (κ2) is 5.55. The van der Waals surface area contributed by atoms with Crippen LogP contribution in [0, 0.1) is 6.92 Å². The van der Waals surface area contributed by atoms with Gasteiger partial charge in [-0.2, -0.15) is 0 Å². The molecule has 0 aliphatic carbocycles. The Bertz CT molecular complexity index is 487. The van der Waals surface area contributed by atoms with Crippen molar-refractivity contribution in [1.82, 2.24) is 14.9 Å². The van der Waals surface area contributed by atoms with Gasteiger partial charge in [0.25, 0.3) is 0 Å². The topological polar surface area (TPSA) is 49.3 Å². The molecule has 2 rings (SSSR count). The Balaban J connectivity index is 2.38. The molecule has 0 unspecified atom stereocenters. The highest BCUT2D eigenvalue weighted by atomic mass is 16.2. The van der Waals surface area contributed by atoms with Crippen molar-refractivity contribution in [2.45, 2.75) is 40.2 Å². The summed E-state index contributed by atoms with van der Waals surface area (Å²) in [6.45, 7) is 8.24. The van der Waals surface area contributed by atoms with E-state index in [1.807, 2.05) is 25.8 Å². The van der Waals surface area contributed by atoms with Crippen LogP contribution in [-0.2, 0) is 17.8 Å². The molecule has 0 bridgehead atoms. The maximum absolute atomic E-state index is 11.9. The molecular weight excluding hydrogens is 240 g/mol. The lowest BCUT2D eigenvalue weighted by Gasteiger charge is -2.31. The first kappa shape index (κ1) is 13.8. The zero-order chi connectivity index (χ0) is 14.0. The second-order valence-corrected chi connectivity index (χ2v) is 4.95. The Kier molecular flexibility index (Phi) is 4.02. The van der Waals surface area contributed by atoms with E-state index >= 15 is 0 Å². The maximum atomic E-state index is 11.9. The standard InChI is InChI=1S/C14H22N4O/c1-5-13(19)18-8-7-12-11(9-18)14(17(4)6-2)16-10(3)15-12/h5-9H2,1-4H3. The molecule has 5 nitrogen and oxygen atoms in total. The molecule has 1 aliphatic heterocycles. The lowest BCUT2D eigenvalue weighted by atomic mass is 10.1. The lowest BCUT2D eigenvalue weighted by molar-refractivity contribution is -0.131. The van der Waals surface area contributed by atoms with E-state index in [9.17, 15) is 4.79 Å². The number of nitrogens with zero attached hydrogens (tertiary/aromatic N) is 4. The van der Waals surface area contributed by atoms with Crippen LogP contribution in [0.25, 0.3) is 0 Å². The molecule has 1 aromatic heterocycles. The van der Waals surface area contributed by atoms with Crippen molar-refractivity contribution in [1.29, 1.82) is 0 Å². The monoisotopic (exact) mass is 262 g/mol. The predicted octanol–water partition coefficient (Wildman–Crippen LogP) is 1.54. The number of aryl methyl sites for hydroxylation is 1. The number of amides is 1. The van der Waals surface area contributed by atoms with E-state index in [-0.39, 0.29) is 5.91 Å². The average molecular weight is 262 g/mol. The Morgan fingerprint density at radius 3 is 2.74 bits per heavy atom. The van der Waals surface area contributed by atoms with Crippen molar-refractivity contribution in [3.8, 4) is 0 Å². The number of aromatic nitrogens is 2. The van der Waals surface area contributed by atoms with Gasteiger partial charge in [0.1, 0.15) is 11.6 Å². The van der Waals surface area contributed by atoms with Crippen molar-refractivity contribution in [2.24, 2.45) is 0 Å². The molecule has 5 heteroatoms. The minimum atomic E-state index is 0.205. The quantitative estimate of drug-likeness (QED) is 0.829. The van der Waals surface area contributed by atoms with Crippen LogP contribution in [0.4, 0.5) is 5.82 Å². The average Bonchev–Trinajstić information content (AvgIpc) is 2.44. The number of hydrogen-bond donors (Lipinski definition) is 0. The van der Waals surface area contributed by atoms with Crippen molar-refractivity contribution in [2.75, 3.05) is 25.0 Å². The molecule has 1 aliphatic rings. The van der Waals surface area contributed by atoms with Gasteiger partial charge in [-0.15, -0.1) is 0 Å². The fraction of sp³-hybridized carbons (Fsp3) is 0.643. The number of rotatable bonds is 3. The Morgan fingerprint density at radius 1 is 1.37 bits per heavy atom. The first-order valence-electron chi connectivity index (χ1n) is 6.92. The van der Waals surface area contributed by atoms with Gasteiger partial charge in [0.05, 0.1) is 12.2 Å². The highest BCUT2D eigenvalue weighted by Gasteiger charge is 2.25. The third-order valence-electron chi connectivity index (χ3n) is 3.64.